The van der Waals surface area contributed by atoms with Gasteiger partial charge in [0.2, 0.25) is 5.91 Å². The van der Waals surface area contributed by atoms with Crippen LogP contribution in [0.2, 0.25) is 0 Å². The van der Waals surface area contributed by atoms with E-state index in [1.54, 1.807) is 12.1 Å². The van der Waals surface area contributed by atoms with Gasteiger partial charge in [-0.3, -0.25) is 4.79 Å². The van der Waals surface area contributed by atoms with Gasteiger partial charge in [-0.15, -0.1) is 0 Å². The minimum atomic E-state index is -4.64. The summed E-state index contributed by atoms with van der Waals surface area (Å²) in [4.78, 5) is 26.5. The molecule has 1 fully saturated rings. The second-order valence-corrected chi connectivity index (χ2v) is 9.95. The van der Waals surface area contributed by atoms with Crippen molar-refractivity contribution in [3.05, 3.63) is 65.2 Å². The Kier molecular flexibility index (Phi) is 6.46. The molecule has 9 heteroatoms. The maximum atomic E-state index is 14.1. The fourth-order valence-corrected chi connectivity index (χ4v) is 5.19. The van der Waals surface area contributed by atoms with Crippen LogP contribution in [0.4, 0.5) is 23.7 Å². The first-order valence-corrected chi connectivity index (χ1v) is 11.7. The predicted molar refractivity (Wildman–Crippen MR) is 128 cm³/mol. The minimum Gasteiger partial charge on any atom is -0.381 e. The first-order valence-electron chi connectivity index (χ1n) is 11.7. The zero-order chi connectivity index (χ0) is 25.5. The number of rotatable bonds is 5. The van der Waals surface area contributed by atoms with Crippen LogP contribution in [0.25, 0.3) is 0 Å². The fourth-order valence-electron chi connectivity index (χ4n) is 5.19. The smallest absolute Gasteiger partial charge is 0.381 e. The second-order valence-electron chi connectivity index (χ2n) is 9.95. The fraction of sp³-hybridized carbons (Fsp3) is 0.462. The third kappa shape index (κ3) is 4.68. The number of fused-ring (bicyclic) bond motifs is 1. The lowest BCUT2D eigenvalue weighted by molar-refractivity contribution is -0.192. The van der Waals surface area contributed by atoms with E-state index in [2.05, 4.69) is 36.6 Å². The maximum Gasteiger partial charge on any atom is 0.413 e. The summed E-state index contributed by atoms with van der Waals surface area (Å²) in [6, 6.07) is 12.1. The SMILES string of the molecule is CNC(=O)N1CC(C(=O)N(C)[C@@H](c2ccc(NC3Cc4ccccc4C3(C)C)cc2)C(F)(F)F)C1. The molecule has 2 N–H and O–H groups in total. The zero-order valence-corrected chi connectivity index (χ0v) is 20.3. The number of hydrogen-bond acceptors (Lipinski definition) is 3. The average molecular weight is 489 g/mol. The molecule has 35 heavy (non-hydrogen) atoms. The highest BCUT2D eigenvalue weighted by Gasteiger charge is 2.48. The van der Waals surface area contributed by atoms with E-state index in [-0.39, 0.29) is 36.1 Å². The van der Waals surface area contributed by atoms with Gasteiger partial charge in [-0.25, -0.2) is 4.79 Å². The van der Waals surface area contributed by atoms with E-state index >= 15 is 0 Å². The van der Waals surface area contributed by atoms with Crippen LogP contribution in [0, 0.1) is 5.92 Å². The first-order chi connectivity index (χ1) is 16.4. The van der Waals surface area contributed by atoms with Crippen LogP contribution in [0.5, 0.6) is 0 Å². The quantitative estimate of drug-likeness (QED) is 0.659. The van der Waals surface area contributed by atoms with Gasteiger partial charge in [0.1, 0.15) is 0 Å². The number of hydrogen-bond donors (Lipinski definition) is 2. The standard InChI is InChI=1S/C26H31F3N4O2/c1-25(2)20-8-6-5-7-17(20)13-21(25)31-19-11-9-16(10-12-19)22(26(27,28)29)32(4)23(34)18-14-33(15-18)24(35)30-3/h5-12,18,21-22,31H,13-15H2,1-4H3,(H,30,35)/t21?,22-/m0/s1. The molecule has 2 aliphatic rings. The van der Waals surface area contributed by atoms with Crippen molar-refractivity contribution in [1.29, 1.82) is 0 Å². The summed E-state index contributed by atoms with van der Waals surface area (Å²) in [5.74, 6) is -1.27. The number of anilines is 1. The number of nitrogens with zero attached hydrogens (tertiary/aromatic N) is 2. The maximum absolute atomic E-state index is 14.1. The molecular formula is C26H31F3N4O2. The number of urea groups is 1. The number of carbonyl (C=O) groups excluding carboxylic acids is 2. The molecule has 2 aromatic carbocycles. The zero-order valence-electron chi connectivity index (χ0n) is 20.3. The van der Waals surface area contributed by atoms with Crippen LogP contribution in [-0.2, 0) is 16.6 Å². The molecule has 0 saturated carbocycles. The summed E-state index contributed by atoms with van der Waals surface area (Å²) in [5, 5.41) is 5.93. The van der Waals surface area contributed by atoms with Gasteiger partial charge in [-0.2, -0.15) is 13.2 Å². The highest BCUT2D eigenvalue weighted by Crippen LogP contribution is 2.41. The molecule has 1 aliphatic carbocycles. The van der Waals surface area contributed by atoms with Gasteiger partial charge in [0.15, 0.2) is 6.04 Å². The third-order valence-corrected chi connectivity index (χ3v) is 7.35. The van der Waals surface area contributed by atoms with Crippen LogP contribution < -0.4 is 10.6 Å². The van der Waals surface area contributed by atoms with Crippen LogP contribution in [0.3, 0.4) is 0 Å². The van der Waals surface area contributed by atoms with Crippen molar-refractivity contribution in [2.45, 2.75) is 43.9 Å². The molecular weight excluding hydrogens is 457 g/mol. The van der Waals surface area contributed by atoms with Crippen molar-refractivity contribution in [2.24, 2.45) is 5.92 Å². The summed E-state index contributed by atoms with van der Waals surface area (Å²) in [7, 11) is 2.64. The Labute approximate surface area is 203 Å². The van der Waals surface area contributed by atoms with Crippen LogP contribution in [0.15, 0.2) is 48.5 Å². The van der Waals surface area contributed by atoms with Gasteiger partial charge in [0.25, 0.3) is 0 Å². The molecule has 0 aromatic heterocycles. The van der Waals surface area contributed by atoms with Gasteiger partial charge in [0.05, 0.1) is 5.92 Å². The molecule has 2 aromatic rings. The number of halogens is 3. The Morgan fingerprint density at radius 2 is 1.71 bits per heavy atom. The summed E-state index contributed by atoms with van der Waals surface area (Å²) in [5.41, 5.74) is 3.15. The van der Waals surface area contributed by atoms with Crippen LogP contribution in [-0.4, -0.2) is 61.1 Å². The highest BCUT2D eigenvalue weighted by molar-refractivity contribution is 5.84. The summed E-state index contributed by atoms with van der Waals surface area (Å²) in [6.07, 6.45) is -3.81. The van der Waals surface area contributed by atoms with Gasteiger partial charge in [-0.05, 0) is 35.2 Å². The monoisotopic (exact) mass is 488 g/mol. The second kappa shape index (κ2) is 9.09. The average Bonchev–Trinajstić information content (AvgIpc) is 3.02. The van der Waals surface area contributed by atoms with Gasteiger partial charge >= 0.3 is 12.2 Å². The van der Waals surface area contributed by atoms with Crippen LogP contribution >= 0.6 is 0 Å². The van der Waals surface area contributed by atoms with Crippen molar-refractivity contribution >= 4 is 17.6 Å². The van der Waals surface area contributed by atoms with E-state index in [1.807, 2.05) is 12.1 Å². The molecule has 1 aliphatic heterocycles. The molecule has 1 saturated heterocycles. The molecule has 188 valence electrons. The van der Waals surface area contributed by atoms with Gasteiger partial charge in [0, 0.05) is 44.3 Å². The molecule has 1 unspecified atom stereocenters. The van der Waals surface area contributed by atoms with Gasteiger partial charge < -0.3 is 20.4 Å². The molecule has 0 spiro atoms. The van der Waals surface area contributed by atoms with Gasteiger partial charge in [-0.1, -0.05) is 50.2 Å². The largest absolute Gasteiger partial charge is 0.413 e. The topological polar surface area (TPSA) is 64.7 Å². The number of amides is 3. The summed E-state index contributed by atoms with van der Waals surface area (Å²) >= 11 is 0. The molecule has 3 amide bonds. The van der Waals surface area contributed by atoms with Crippen LogP contribution in [0.1, 0.15) is 36.6 Å². The normalized spacial score (nSPS) is 20.0. The van der Waals surface area contributed by atoms with E-state index in [9.17, 15) is 22.8 Å². The lowest BCUT2D eigenvalue weighted by Gasteiger charge is -2.41. The Morgan fingerprint density at radius 1 is 1.09 bits per heavy atom. The lowest BCUT2D eigenvalue weighted by atomic mass is 9.83. The number of benzene rings is 2. The Balaban J connectivity index is 1.47. The van der Waals surface area contributed by atoms with Crippen molar-refractivity contribution in [2.75, 3.05) is 32.5 Å². The Bertz CT molecular complexity index is 1090. The van der Waals surface area contributed by atoms with Crippen molar-refractivity contribution in [3.63, 3.8) is 0 Å². The Hall–Kier alpha value is -3.23. The van der Waals surface area contributed by atoms with Crippen molar-refractivity contribution in [3.8, 4) is 0 Å². The van der Waals surface area contributed by atoms with E-state index in [4.69, 9.17) is 0 Å². The molecule has 0 bridgehead atoms. The molecule has 1 heterocycles. The van der Waals surface area contributed by atoms with Crippen molar-refractivity contribution < 1.29 is 22.8 Å². The summed E-state index contributed by atoms with van der Waals surface area (Å²) in [6.45, 7) is 4.54. The molecule has 0 radical (unpaired) electrons. The number of carbonyl (C=O) groups is 2. The predicted octanol–water partition coefficient (Wildman–Crippen LogP) is 4.33. The van der Waals surface area contributed by atoms with E-state index < -0.39 is 24.0 Å². The van der Waals surface area contributed by atoms with E-state index in [0.29, 0.717) is 0 Å². The molecule has 6 nitrogen and oxygen atoms in total. The molecule has 4 rings (SSSR count). The minimum absolute atomic E-state index is 0.00431. The van der Waals surface area contributed by atoms with E-state index in [1.165, 1.54) is 42.3 Å². The number of nitrogens with one attached hydrogen (secondary N) is 2. The van der Waals surface area contributed by atoms with Crippen molar-refractivity contribution in [1.82, 2.24) is 15.1 Å². The lowest BCUT2D eigenvalue weighted by Crippen LogP contribution is -2.58. The Morgan fingerprint density at radius 3 is 2.29 bits per heavy atom. The first kappa shape index (κ1) is 24.9. The summed E-state index contributed by atoms with van der Waals surface area (Å²) < 4.78 is 42.2. The highest BCUT2D eigenvalue weighted by atomic mass is 19.4. The number of likely N-dealkylation sites (tertiary alicyclic amines) is 1. The van der Waals surface area contributed by atoms with E-state index in [0.717, 1.165) is 17.0 Å². The molecule has 2 atom stereocenters. The third-order valence-electron chi connectivity index (χ3n) is 7.35. The number of alkyl halides is 3.